The van der Waals surface area contributed by atoms with Crippen LogP contribution >= 0.6 is 0 Å². The lowest BCUT2D eigenvalue weighted by molar-refractivity contribution is 0.267. The van der Waals surface area contributed by atoms with Crippen molar-refractivity contribution in [1.82, 2.24) is 5.32 Å². The third-order valence-electron chi connectivity index (χ3n) is 4.29. The molecule has 1 N–H and O–H groups in total. The van der Waals surface area contributed by atoms with Crippen LogP contribution in [0.2, 0.25) is 0 Å². The van der Waals surface area contributed by atoms with E-state index in [0.717, 1.165) is 12.3 Å². The molecule has 0 saturated heterocycles. The average Bonchev–Trinajstić information content (AvgIpc) is 2.40. The van der Waals surface area contributed by atoms with Crippen LogP contribution in [-0.4, -0.2) is 12.1 Å². The molecule has 1 unspecified atom stereocenters. The summed E-state index contributed by atoms with van der Waals surface area (Å²) in [6, 6.07) is 12.0. The molecular formula is C17H27N. The van der Waals surface area contributed by atoms with E-state index in [4.69, 9.17) is 0 Å². The van der Waals surface area contributed by atoms with Crippen molar-refractivity contribution in [3.8, 4) is 0 Å². The molecule has 1 fully saturated rings. The van der Waals surface area contributed by atoms with Crippen LogP contribution in [0.4, 0.5) is 0 Å². The number of hydrogen-bond acceptors (Lipinski definition) is 1. The summed E-state index contributed by atoms with van der Waals surface area (Å²) in [5.74, 6) is 0.900. The Kier molecular flexibility index (Phi) is 5.25. The van der Waals surface area contributed by atoms with Crippen LogP contribution in [0.15, 0.2) is 30.3 Å². The van der Waals surface area contributed by atoms with E-state index in [2.05, 4.69) is 49.5 Å². The molecule has 1 heteroatoms. The molecular weight excluding hydrogens is 218 g/mol. The van der Waals surface area contributed by atoms with E-state index in [0.29, 0.717) is 12.1 Å². The quantitative estimate of drug-likeness (QED) is 0.820. The van der Waals surface area contributed by atoms with Crippen molar-refractivity contribution in [2.75, 3.05) is 0 Å². The molecule has 0 aliphatic heterocycles. The first-order valence-corrected chi connectivity index (χ1v) is 7.55. The molecule has 0 bridgehead atoms. The summed E-state index contributed by atoms with van der Waals surface area (Å²) in [5, 5.41) is 3.80. The van der Waals surface area contributed by atoms with Gasteiger partial charge in [0, 0.05) is 12.1 Å². The number of hydrogen-bond donors (Lipinski definition) is 1. The van der Waals surface area contributed by atoms with E-state index in [-0.39, 0.29) is 0 Å². The third kappa shape index (κ3) is 4.13. The van der Waals surface area contributed by atoms with Gasteiger partial charge in [-0.1, -0.05) is 49.6 Å². The summed E-state index contributed by atoms with van der Waals surface area (Å²) < 4.78 is 0. The molecule has 0 radical (unpaired) electrons. The summed E-state index contributed by atoms with van der Waals surface area (Å²) in [5.41, 5.74) is 1.44. The lowest BCUT2D eigenvalue weighted by atomic mass is 9.84. The fraction of sp³-hybridized carbons (Fsp3) is 0.647. The monoisotopic (exact) mass is 245 g/mol. The van der Waals surface area contributed by atoms with Gasteiger partial charge in [0.25, 0.3) is 0 Å². The topological polar surface area (TPSA) is 12.0 Å². The second-order valence-electron chi connectivity index (χ2n) is 5.94. The first-order chi connectivity index (χ1) is 8.75. The minimum atomic E-state index is 0.573. The summed E-state index contributed by atoms with van der Waals surface area (Å²) in [4.78, 5) is 0. The molecule has 1 aromatic carbocycles. The van der Waals surface area contributed by atoms with Crippen LogP contribution in [0.25, 0.3) is 0 Å². The van der Waals surface area contributed by atoms with Gasteiger partial charge in [0.1, 0.15) is 0 Å². The molecule has 0 heterocycles. The normalized spacial score (nSPS) is 20.6. The fourth-order valence-corrected chi connectivity index (χ4v) is 3.25. The van der Waals surface area contributed by atoms with Crippen molar-refractivity contribution in [2.45, 2.75) is 64.5 Å². The number of benzene rings is 1. The Morgan fingerprint density at radius 2 is 1.72 bits per heavy atom. The fourth-order valence-electron chi connectivity index (χ4n) is 3.25. The third-order valence-corrected chi connectivity index (χ3v) is 4.29. The highest BCUT2D eigenvalue weighted by atomic mass is 14.9. The van der Waals surface area contributed by atoms with Gasteiger partial charge in [-0.15, -0.1) is 0 Å². The first kappa shape index (κ1) is 13.6. The molecule has 1 aromatic rings. The lowest BCUT2D eigenvalue weighted by Crippen LogP contribution is -2.41. The Morgan fingerprint density at radius 3 is 2.39 bits per heavy atom. The van der Waals surface area contributed by atoms with Gasteiger partial charge in [-0.25, -0.2) is 0 Å². The molecule has 1 saturated carbocycles. The average molecular weight is 245 g/mol. The molecule has 1 aliphatic rings. The Labute approximate surface area is 112 Å². The van der Waals surface area contributed by atoms with Gasteiger partial charge in [-0.05, 0) is 44.6 Å². The molecule has 2 atom stereocenters. The molecule has 0 spiro atoms. The van der Waals surface area contributed by atoms with Crippen LogP contribution < -0.4 is 5.32 Å². The van der Waals surface area contributed by atoms with Crippen molar-refractivity contribution in [3.63, 3.8) is 0 Å². The van der Waals surface area contributed by atoms with Crippen molar-refractivity contribution < 1.29 is 0 Å². The second kappa shape index (κ2) is 6.94. The van der Waals surface area contributed by atoms with Crippen LogP contribution in [0.5, 0.6) is 0 Å². The summed E-state index contributed by atoms with van der Waals surface area (Å²) >= 11 is 0. The predicted octanol–water partition coefficient (Wildman–Crippen LogP) is 4.18. The van der Waals surface area contributed by atoms with Crippen molar-refractivity contribution in [3.05, 3.63) is 35.9 Å². The van der Waals surface area contributed by atoms with Crippen molar-refractivity contribution in [1.29, 1.82) is 0 Å². The van der Waals surface area contributed by atoms with Crippen molar-refractivity contribution >= 4 is 0 Å². The van der Waals surface area contributed by atoms with E-state index < -0.39 is 0 Å². The minimum Gasteiger partial charge on any atom is -0.311 e. The van der Waals surface area contributed by atoms with Crippen LogP contribution in [0.3, 0.4) is 0 Å². The molecule has 1 nitrogen and oxygen atoms in total. The van der Waals surface area contributed by atoms with Crippen LogP contribution in [0, 0.1) is 5.92 Å². The molecule has 100 valence electrons. The van der Waals surface area contributed by atoms with Gasteiger partial charge in [0.05, 0.1) is 0 Å². The van der Waals surface area contributed by atoms with Gasteiger partial charge >= 0.3 is 0 Å². The minimum absolute atomic E-state index is 0.573. The molecule has 0 amide bonds. The van der Waals surface area contributed by atoms with E-state index in [1.165, 1.54) is 37.7 Å². The number of nitrogens with one attached hydrogen (secondary N) is 1. The molecule has 18 heavy (non-hydrogen) atoms. The zero-order valence-electron chi connectivity index (χ0n) is 11.9. The highest BCUT2D eigenvalue weighted by Gasteiger charge is 2.20. The smallest absolute Gasteiger partial charge is 0.00817 e. The van der Waals surface area contributed by atoms with Crippen LogP contribution in [0.1, 0.15) is 51.5 Å². The van der Waals surface area contributed by atoms with Gasteiger partial charge in [-0.3, -0.25) is 0 Å². The number of rotatable bonds is 5. The maximum atomic E-state index is 3.80. The SMILES string of the molecule is CC(Cc1ccccc1)N[C@H](C)C1CCCCC1. The predicted molar refractivity (Wildman–Crippen MR) is 78.8 cm³/mol. The van der Waals surface area contributed by atoms with Crippen molar-refractivity contribution in [2.24, 2.45) is 5.92 Å². The van der Waals surface area contributed by atoms with E-state index in [1.807, 2.05) is 0 Å². The second-order valence-corrected chi connectivity index (χ2v) is 5.94. The highest BCUT2D eigenvalue weighted by Crippen LogP contribution is 2.26. The Hall–Kier alpha value is -0.820. The van der Waals surface area contributed by atoms with Crippen LogP contribution in [-0.2, 0) is 6.42 Å². The van der Waals surface area contributed by atoms with Gasteiger partial charge in [0.2, 0.25) is 0 Å². The first-order valence-electron chi connectivity index (χ1n) is 7.55. The maximum Gasteiger partial charge on any atom is 0.00817 e. The summed E-state index contributed by atoms with van der Waals surface area (Å²) in [6.07, 6.45) is 8.30. The maximum absolute atomic E-state index is 3.80. The standard InChI is InChI=1S/C17H27N/c1-14(13-16-9-5-3-6-10-16)18-15(2)17-11-7-4-8-12-17/h3,5-6,9-10,14-15,17-18H,4,7-8,11-13H2,1-2H3/t14?,15-/m1/s1. The largest absolute Gasteiger partial charge is 0.311 e. The zero-order chi connectivity index (χ0) is 12.8. The Balaban J connectivity index is 1.77. The summed E-state index contributed by atoms with van der Waals surface area (Å²) in [7, 11) is 0. The highest BCUT2D eigenvalue weighted by molar-refractivity contribution is 5.15. The Morgan fingerprint density at radius 1 is 1.06 bits per heavy atom. The Bertz CT molecular complexity index is 327. The molecule has 1 aliphatic carbocycles. The van der Waals surface area contributed by atoms with E-state index in [1.54, 1.807) is 0 Å². The molecule has 2 rings (SSSR count). The lowest BCUT2D eigenvalue weighted by Gasteiger charge is -2.30. The zero-order valence-corrected chi connectivity index (χ0v) is 11.9. The van der Waals surface area contributed by atoms with Gasteiger partial charge < -0.3 is 5.32 Å². The van der Waals surface area contributed by atoms with Gasteiger partial charge in [-0.2, -0.15) is 0 Å². The summed E-state index contributed by atoms with van der Waals surface area (Å²) in [6.45, 7) is 4.68. The molecule has 0 aromatic heterocycles. The van der Waals surface area contributed by atoms with Gasteiger partial charge in [0.15, 0.2) is 0 Å². The van der Waals surface area contributed by atoms with E-state index in [9.17, 15) is 0 Å². The van der Waals surface area contributed by atoms with E-state index >= 15 is 0 Å².